The number of carboxylic acid groups (broad SMARTS) is 1. The molecular formula is C15H15N3O3. The zero-order valence-corrected chi connectivity index (χ0v) is 11.2. The molecule has 2 aromatic rings. The van der Waals surface area contributed by atoms with Crippen LogP contribution >= 0.6 is 0 Å². The van der Waals surface area contributed by atoms with E-state index in [1.165, 1.54) is 18.3 Å². The van der Waals surface area contributed by atoms with Gasteiger partial charge in [-0.15, -0.1) is 0 Å². The SMILES string of the molecule is O=C(NCCc1ccccc1)Nc1ccc(C(=O)O)nc1. The molecule has 3 N–H and O–H groups in total. The van der Waals surface area contributed by atoms with Gasteiger partial charge in [-0.3, -0.25) is 0 Å². The van der Waals surface area contributed by atoms with Gasteiger partial charge >= 0.3 is 12.0 Å². The highest BCUT2D eigenvalue weighted by molar-refractivity contribution is 5.90. The number of pyridine rings is 1. The third-order valence-electron chi connectivity index (χ3n) is 2.78. The van der Waals surface area contributed by atoms with Crippen molar-refractivity contribution >= 4 is 17.7 Å². The number of hydrogen-bond donors (Lipinski definition) is 3. The van der Waals surface area contributed by atoms with Crippen LogP contribution in [0.1, 0.15) is 16.1 Å². The molecule has 0 bridgehead atoms. The molecule has 0 spiro atoms. The van der Waals surface area contributed by atoms with E-state index in [1.807, 2.05) is 30.3 Å². The summed E-state index contributed by atoms with van der Waals surface area (Å²) in [6.45, 7) is 0.510. The zero-order valence-electron chi connectivity index (χ0n) is 11.2. The minimum atomic E-state index is -1.10. The number of rotatable bonds is 5. The standard InChI is InChI=1S/C15H15N3O3/c19-14(20)13-7-6-12(10-17-13)18-15(21)16-9-8-11-4-2-1-3-5-11/h1-7,10H,8-9H2,(H,19,20)(H2,16,18,21). The number of aromatic carboxylic acids is 1. The number of nitrogens with zero attached hydrogens (tertiary/aromatic N) is 1. The number of hydrogen-bond acceptors (Lipinski definition) is 3. The summed E-state index contributed by atoms with van der Waals surface area (Å²) in [7, 11) is 0. The number of nitrogens with one attached hydrogen (secondary N) is 2. The van der Waals surface area contributed by atoms with Crippen molar-refractivity contribution in [2.24, 2.45) is 0 Å². The van der Waals surface area contributed by atoms with Gasteiger partial charge in [0.15, 0.2) is 0 Å². The Balaban J connectivity index is 1.78. The second-order valence-electron chi connectivity index (χ2n) is 4.35. The van der Waals surface area contributed by atoms with E-state index in [9.17, 15) is 9.59 Å². The Morgan fingerprint density at radius 3 is 2.48 bits per heavy atom. The number of amides is 2. The lowest BCUT2D eigenvalue weighted by atomic mass is 10.1. The first-order valence-electron chi connectivity index (χ1n) is 6.43. The molecule has 0 saturated heterocycles. The molecule has 0 saturated carbocycles. The monoisotopic (exact) mass is 285 g/mol. The summed E-state index contributed by atoms with van der Waals surface area (Å²) >= 11 is 0. The van der Waals surface area contributed by atoms with E-state index < -0.39 is 5.97 Å². The van der Waals surface area contributed by atoms with Crippen molar-refractivity contribution in [2.75, 3.05) is 11.9 Å². The quantitative estimate of drug-likeness (QED) is 0.785. The van der Waals surface area contributed by atoms with E-state index in [4.69, 9.17) is 5.11 Å². The normalized spacial score (nSPS) is 9.90. The average molecular weight is 285 g/mol. The summed E-state index contributed by atoms with van der Waals surface area (Å²) in [5, 5.41) is 14.0. The maximum atomic E-state index is 11.7. The van der Waals surface area contributed by atoms with E-state index in [2.05, 4.69) is 15.6 Å². The molecule has 108 valence electrons. The molecule has 0 fully saturated rings. The van der Waals surface area contributed by atoms with Gasteiger partial charge in [0.2, 0.25) is 0 Å². The smallest absolute Gasteiger partial charge is 0.354 e. The first kappa shape index (κ1) is 14.5. The van der Waals surface area contributed by atoms with Gasteiger partial charge in [0.05, 0.1) is 11.9 Å². The highest BCUT2D eigenvalue weighted by Crippen LogP contribution is 2.06. The molecule has 0 aliphatic rings. The number of anilines is 1. The number of urea groups is 1. The van der Waals surface area contributed by atoms with Crippen LogP contribution < -0.4 is 10.6 Å². The molecule has 6 nitrogen and oxygen atoms in total. The van der Waals surface area contributed by atoms with Crippen LogP contribution in [0.25, 0.3) is 0 Å². The van der Waals surface area contributed by atoms with Gasteiger partial charge in [-0.2, -0.15) is 0 Å². The van der Waals surface area contributed by atoms with Gasteiger partial charge < -0.3 is 15.7 Å². The molecule has 1 aromatic heterocycles. The predicted molar refractivity (Wildman–Crippen MR) is 78.4 cm³/mol. The highest BCUT2D eigenvalue weighted by atomic mass is 16.4. The number of carboxylic acids is 1. The van der Waals surface area contributed by atoms with Crippen molar-refractivity contribution < 1.29 is 14.7 Å². The fourth-order valence-electron chi connectivity index (χ4n) is 1.73. The number of carbonyl (C=O) groups excluding carboxylic acids is 1. The van der Waals surface area contributed by atoms with Crippen LogP contribution in [0.4, 0.5) is 10.5 Å². The van der Waals surface area contributed by atoms with E-state index in [1.54, 1.807) is 0 Å². The molecule has 0 atom stereocenters. The van der Waals surface area contributed by atoms with Gasteiger partial charge in [-0.1, -0.05) is 30.3 Å². The van der Waals surface area contributed by atoms with Crippen LogP contribution in [-0.2, 0) is 6.42 Å². The third kappa shape index (κ3) is 4.61. The summed E-state index contributed by atoms with van der Waals surface area (Å²) < 4.78 is 0. The van der Waals surface area contributed by atoms with Crippen molar-refractivity contribution in [3.05, 3.63) is 59.9 Å². The summed E-state index contributed by atoms with van der Waals surface area (Å²) in [5.74, 6) is -1.10. The third-order valence-corrected chi connectivity index (χ3v) is 2.78. The van der Waals surface area contributed by atoms with Gasteiger partial charge in [0.25, 0.3) is 0 Å². The summed E-state index contributed by atoms with van der Waals surface area (Å²) in [4.78, 5) is 26.0. The second-order valence-corrected chi connectivity index (χ2v) is 4.35. The lowest BCUT2D eigenvalue weighted by Crippen LogP contribution is -2.30. The highest BCUT2D eigenvalue weighted by Gasteiger charge is 2.05. The molecule has 2 amide bonds. The van der Waals surface area contributed by atoms with E-state index in [0.29, 0.717) is 12.2 Å². The Kier molecular flexibility index (Phi) is 4.87. The van der Waals surface area contributed by atoms with Crippen molar-refractivity contribution in [3.63, 3.8) is 0 Å². The molecule has 0 radical (unpaired) electrons. The Hall–Kier alpha value is -2.89. The molecule has 21 heavy (non-hydrogen) atoms. The fourth-order valence-corrected chi connectivity index (χ4v) is 1.73. The van der Waals surface area contributed by atoms with Gasteiger partial charge in [-0.05, 0) is 24.1 Å². The van der Waals surface area contributed by atoms with Crippen LogP contribution in [0, 0.1) is 0 Å². The van der Waals surface area contributed by atoms with Crippen molar-refractivity contribution in [1.29, 1.82) is 0 Å². The van der Waals surface area contributed by atoms with Crippen LogP contribution in [-0.4, -0.2) is 28.6 Å². The van der Waals surface area contributed by atoms with Crippen LogP contribution in [0.2, 0.25) is 0 Å². The number of benzene rings is 1. The van der Waals surface area contributed by atoms with Gasteiger partial charge in [-0.25, -0.2) is 14.6 Å². The van der Waals surface area contributed by atoms with Crippen molar-refractivity contribution in [1.82, 2.24) is 10.3 Å². The molecule has 0 unspecified atom stereocenters. The first-order chi connectivity index (χ1) is 10.1. The average Bonchev–Trinajstić information content (AvgIpc) is 2.49. The van der Waals surface area contributed by atoms with Gasteiger partial charge in [0.1, 0.15) is 5.69 Å². The molecule has 1 heterocycles. The molecule has 0 aliphatic carbocycles. The molecular weight excluding hydrogens is 270 g/mol. The largest absolute Gasteiger partial charge is 0.477 e. The minimum absolute atomic E-state index is 0.0648. The lowest BCUT2D eigenvalue weighted by molar-refractivity contribution is 0.0690. The van der Waals surface area contributed by atoms with E-state index in [0.717, 1.165) is 12.0 Å². The lowest BCUT2D eigenvalue weighted by Gasteiger charge is -2.07. The Morgan fingerprint density at radius 1 is 1.10 bits per heavy atom. The first-order valence-corrected chi connectivity index (χ1v) is 6.43. The predicted octanol–water partition coefficient (Wildman–Crippen LogP) is 2.14. The van der Waals surface area contributed by atoms with Crippen LogP contribution in [0.3, 0.4) is 0 Å². The number of aromatic nitrogens is 1. The Morgan fingerprint density at radius 2 is 1.86 bits per heavy atom. The van der Waals surface area contributed by atoms with Crippen molar-refractivity contribution in [3.8, 4) is 0 Å². The van der Waals surface area contributed by atoms with Crippen molar-refractivity contribution in [2.45, 2.75) is 6.42 Å². The summed E-state index contributed by atoms with van der Waals surface area (Å²) in [5.41, 5.74) is 1.52. The zero-order chi connectivity index (χ0) is 15.1. The maximum absolute atomic E-state index is 11.7. The van der Waals surface area contributed by atoms with Crippen LogP contribution in [0.5, 0.6) is 0 Å². The summed E-state index contributed by atoms with van der Waals surface area (Å²) in [6.07, 6.45) is 2.05. The molecule has 1 aromatic carbocycles. The minimum Gasteiger partial charge on any atom is -0.477 e. The molecule has 0 aliphatic heterocycles. The molecule has 6 heteroatoms. The maximum Gasteiger partial charge on any atom is 0.354 e. The van der Waals surface area contributed by atoms with E-state index in [-0.39, 0.29) is 11.7 Å². The second kappa shape index (κ2) is 7.04. The summed E-state index contributed by atoms with van der Waals surface area (Å²) in [6, 6.07) is 12.3. The van der Waals surface area contributed by atoms with Gasteiger partial charge in [0, 0.05) is 6.54 Å². The van der Waals surface area contributed by atoms with E-state index >= 15 is 0 Å². The number of carbonyl (C=O) groups is 2. The molecule has 2 rings (SSSR count). The fraction of sp³-hybridized carbons (Fsp3) is 0.133. The Labute approximate surface area is 121 Å². The Bertz CT molecular complexity index is 612. The topological polar surface area (TPSA) is 91.3 Å². The van der Waals surface area contributed by atoms with Crippen LogP contribution in [0.15, 0.2) is 48.7 Å².